The highest BCUT2D eigenvalue weighted by Crippen LogP contribution is 2.60. The van der Waals surface area contributed by atoms with E-state index in [1.165, 1.54) is 0 Å². The molecule has 0 aromatic heterocycles. The molecule has 0 N–H and O–H groups in total. The van der Waals surface area contributed by atoms with E-state index in [0.29, 0.717) is 0 Å². The van der Waals surface area contributed by atoms with Crippen LogP contribution in [0.2, 0.25) is 13.1 Å². The van der Waals surface area contributed by atoms with Crippen LogP contribution in [0.5, 0.6) is 0 Å². The lowest BCUT2D eigenvalue weighted by atomic mass is 9.66. The summed E-state index contributed by atoms with van der Waals surface area (Å²) in [5.41, 5.74) is 2.71. The van der Waals surface area contributed by atoms with E-state index in [4.69, 9.17) is 8.85 Å². The molecule has 4 aromatic carbocycles. The lowest BCUT2D eigenvalue weighted by molar-refractivity contribution is 0.00370. The summed E-state index contributed by atoms with van der Waals surface area (Å²) >= 11 is 0. The van der Waals surface area contributed by atoms with Crippen LogP contribution in [0.1, 0.15) is 22.3 Å². The molecule has 4 aromatic rings. The summed E-state index contributed by atoms with van der Waals surface area (Å²) in [7, 11) is -2.54. The fourth-order valence-electron chi connectivity index (χ4n) is 4.98. The third-order valence-electron chi connectivity index (χ3n) is 6.01. The summed E-state index contributed by atoms with van der Waals surface area (Å²) in [6.45, 7) is 4.28. The zero-order chi connectivity index (χ0) is 21.4. The van der Waals surface area contributed by atoms with E-state index in [1.807, 2.05) is 24.3 Å². The van der Waals surface area contributed by atoms with Crippen LogP contribution in [0.3, 0.4) is 0 Å². The van der Waals surface area contributed by atoms with Gasteiger partial charge in [-0.15, -0.1) is 0 Å². The first kappa shape index (κ1) is 19.9. The van der Waals surface area contributed by atoms with Crippen LogP contribution in [0.15, 0.2) is 121 Å². The molecule has 3 heteroatoms. The summed E-state index contributed by atoms with van der Waals surface area (Å²) in [5.74, 6) is 0. The molecule has 1 heterocycles. The van der Waals surface area contributed by atoms with Gasteiger partial charge in [0.25, 0.3) is 0 Å². The molecule has 0 radical (unpaired) electrons. The first-order chi connectivity index (χ1) is 15.1. The van der Waals surface area contributed by atoms with Crippen molar-refractivity contribution < 1.29 is 8.85 Å². The van der Waals surface area contributed by atoms with Crippen molar-refractivity contribution in [3.05, 3.63) is 144 Å². The fourth-order valence-corrected chi connectivity index (χ4v) is 7.25. The van der Waals surface area contributed by atoms with E-state index < -0.39 is 19.8 Å². The van der Waals surface area contributed by atoms with Crippen LogP contribution in [-0.2, 0) is 20.1 Å². The van der Waals surface area contributed by atoms with Crippen LogP contribution in [0.25, 0.3) is 0 Å². The summed E-state index contributed by atoms with van der Waals surface area (Å²) in [6, 6.07) is 42.1. The molecule has 0 spiro atoms. The molecule has 0 atom stereocenters. The highest BCUT2D eigenvalue weighted by Gasteiger charge is 2.67. The van der Waals surface area contributed by atoms with Crippen molar-refractivity contribution in [1.29, 1.82) is 0 Å². The van der Waals surface area contributed by atoms with E-state index in [9.17, 15) is 0 Å². The Labute approximate surface area is 185 Å². The van der Waals surface area contributed by atoms with Gasteiger partial charge in [0.15, 0.2) is 0 Å². The molecule has 2 nitrogen and oxygen atoms in total. The minimum Gasteiger partial charge on any atom is -0.376 e. The predicted molar refractivity (Wildman–Crippen MR) is 127 cm³/mol. The number of rotatable bonds is 4. The van der Waals surface area contributed by atoms with E-state index in [-0.39, 0.29) is 0 Å². The molecule has 0 amide bonds. The Kier molecular flexibility index (Phi) is 4.90. The second kappa shape index (κ2) is 7.61. The van der Waals surface area contributed by atoms with Crippen LogP contribution in [0.4, 0.5) is 0 Å². The minimum atomic E-state index is -2.54. The van der Waals surface area contributed by atoms with Crippen molar-refractivity contribution in [2.75, 3.05) is 0 Å². The van der Waals surface area contributed by atoms with Crippen molar-refractivity contribution in [3.63, 3.8) is 0 Å². The van der Waals surface area contributed by atoms with Gasteiger partial charge < -0.3 is 8.85 Å². The van der Waals surface area contributed by atoms with E-state index >= 15 is 0 Å². The molecule has 0 aliphatic carbocycles. The van der Waals surface area contributed by atoms with Crippen LogP contribution in [-0.4, -0.2) is 8.56 Å². The van der Waals surface area contributed by atoms with Crippen molar-refractivity contribution in [2.45, 2.75) is 24.3 Å². The standard InChI is InChI=1S/C28H26O2Si/c1-31(2)29-27(23-15-7-3-8-16-23,24-17-9-4-10-18-24)28(30-31,25-19-11-5-12-20-25)26-21-13-6-14-22-26/h3-22H,1-2H3. The van der Waals surface area contributed by atoms with Gasteiger partial charge >= 0.3 is 8.56 Å². The first-order valence-corrected chi connectivity index (χ1v) is 13.5. The predicted octanol–water partition coefficient (Wildman–Crippen LogP) is 6.62. The highest BCUT2D eigenvalue weighted by atomic mass is 28.4. The molecule has 0 saturated carbocycles. The Morgan fingerprint density at radius 1 is 0.419 bits per heavy atom. The Hall–Kier alpha value is -2.98. The van der Waals surface area contributed by atoms with Gasteiger partial charge in [0.1, 0.15) is 11.2 Å². The third kappa shape index (κ3) is 3.09. The number of benzene rings is 4. The largest absolute Gasteiger partial charge is 0.376 e. The Morgan fingerprint density at radius 2 is 0.645 bits per heavy atom. The normalized spacial score (nSPS) is 18.5. The summed E-state index contributed by atoms with van der Waals surface area (Å²) < 4.78 is 14.3. The zero-order valence-electron chi connectivity index (χ0n) is 17.9. The molecule has 1 saturated heterocycles. The molecule has 1 aliphatic heterocycles. The summed E-state index contributed by atoms with van der Waals surface area (Å²) in [4.78, 5) is 0. The smallest absolute Gasteiger partial charge is 0.333 e. The maximum Gasteiger partial charge on any atom is 0.333 e. The molecule has 1 fully saturated rings. The van der Waals surface area contributed by atoms with Gasteiger partial charge in [-0.1, -0.05) is 121 Å². The fraction of sp³-hybridized carbons (Fsp3) is 0.143. The Morgan fingerprint density at radius 3 is 0.871 bits per heavy atom. The molecule has 31 heavy (non-hydrogen) atoms. The first-order valence-electron chi connectivity index (χ1n) is 10.7. The van der Waals surface area contributed by atoms with Crippen molar-refractivity contribution in [3.8, 4) is 0 Å². The lowest BCUT2D eigenvalue weighted by Crippen LogP contribution is -2.48. The summed E-state index contributed by atoms with van der Waals surface area (Å²) in [6.07, 6.45) is 0. The van der Waals surface area contributed by atoms with Crippen molar-refractivity contribution >= 4 is 8.56 Å². The van der Waals surface area contributed by atoms with Gasteiger partial charge in [-0.2, -0.15) is 0 Å². The molecule has 0 bridgehead atoms. The Bertz CT molecular complexity index is 971. The molecular formula is C28H26O2Si. The van der Waals surface area contributed by atoms with E-state index in [2.05, 4.69) is 110 Å². The van der Waals surface area contributed by atoms with Gasteiger partial charge in [0.2, 0.25) is 0 Å². The topological polar surface area (TPSA) is 18.5 Å². The average Bonchev–Trinajstić information content (AvgIpc) is 3.11. The van der Waals surface area contributed by atoms with E-state index in [0.717, 1.165) is 22.3 Å². The van der Waals surface area contributed by atoms with Gasteiger partial charge in [-0.3, -0.25) is 0 Å². The minimum absolute atomic E-state index is 0.825. The van der Waals surface area contributed by atoms with Crippen LogP contribution >= 0.6 is 0 Å². The third-order valence-corrected chi connectivity index (χ3v) is 7.61. The van der Waals surface area contributed by atoms with Crippen LogP contribution in [0, 0.1) is 0 Å². The van der Waals surface area contributed by atoms with Crippen molar-refractivity contribution in [2.24, 2.45) is 0 Å². The second-order valence-corrected chi connectivity index (χ2v) is 11.6. The van der Waals surface area contributed by atoms with Crippen LogP contribution < -0.4 is 0 Å². The molecule has 154 valence electrons. The maximum atomic E-state index is 7.15. The number of hydrogen-bond donors (Lipinski definition) is 0. The maximum absolute atomic E-state index is 7.15. The van der Waals surface area contributed by atoms with Gasteiger partial charge in [-0.25, -0.2) is 0 Å². The second-order valence-electron chi connectivity index (χ2n) is 8.43. The molecular weight excluding hydrogens is 396 g/mol. The highest BCUT2D eigenvalue weighted by molar-refractivity contribution is 6.65. The summed E-state index contributed by atoms with van der Waals surface area (Å²) in [5, 5.41) is 0. The average molecular weight is 423 g/mol. The lowest BCUT2D eigenvalue weighted by Gasteiger charge is -2.45. The van der Waals surface area contributed by atoms with Crippen molar-refractivity contribution in [1.82, 2.24) is 0 Å². The quantitative estimate of drug-likeness (QED) is 0.344. The van der Waals surface area contributed by atoms with Gasteiger partial charge in [-0.05, 0) is 35.3 Å². The monoisotopic (exact) mass is 422 g/mol. The molecule has 1 aliphatic rings. The number of hydrogen-bond acceptors (Lipinski definition) is 2. The SMILES string of the molecule is C[Si]1(C)OC(c2ccccc2)(c2ccccc2)C(c2ccccc2)(c2ccccc2)O1. The van der Waals surface area contributed by atoms with E-state index in [1.54, 1.807) is 0 Å². The molecule has 5 rings (SSSR count). The van der Waals surface area contributed by atoms with Gasteiger partial charge in [0, 0.05) is 0 Å². The van der Waals surface area contributed by atoms with Gasteiger partial charge in [0.05, 0.1) is 0 Å². The molecule has 0 unspecified atom stereocenters. The Balaban J connectivity index is 1.96. The zero-order valence-corrected chi connectivity index (χ0v) is 18.9.